The van der Waals surface area contributed by atoms with Gasteiger partial charge in [-0.2, -0.15) is 0 Å². The van der Waals surface area contributed by atoms with E-state index in [4.69, 9.17) is 0 Å². The van der Waals surface area contributed by atoms with Crippen molar-refractivity contribution >= 4 is 22.0 Å². The highest BCUT2D eigenvalue weighted by atomic mass is 79.9. The van der Waals surface area contributed by atoms with Gasteiger partial charge in [-0.05, 0) is 31.9 Å². The molecule has 1 aromatic rings. The monoisotopic (exact) mass is 238 g/mol. The highest BCUT2D eigenvalue weighted by molar-refractivity contribution is 9.09. The molecule has 0 saturated heterocycles. The number of halogens is 1. The van der Waals surface area contributed by atoms with Crippen LogP contribution in [-0.4, -0.2) is 5.33 Å². The lowest BCUT2D eigenvalue weighted by Gasteiger charge is -2.03. The summed E-state index contributed by atoms with van der Waals surface area (Å²) in [5, 5.41) is 0.945. The second-order valence-electron chi connectivity index (χ2n) is 3.48. The molecule has 1 heteroatoms. The van der Waals surface area contributed by atoms with Gasteiger partial charge in [0.05, 0.1) is 0 Å². The number of rotatable bonds is 2. The Labute approximate surface area is 88.8 Å². The maximum atomic E-state index is 3.45. The molecule has 1 aromatic carbocycles. The quantitative estimate of drug-likeness (QED) is 0.681. The molecule has 0 spiro atoms. The molecule has 70 valence electrons. The van der Waals surface area contributed by atoms with Gasteiger partial charge >= 0.3 is 0 Å². The summed E-state index contributed by atoms with van der Waals surface area (Å²) in [4.78, 5) is 0. The van der Waals surface area contributed by atoms with Crippen LogP contribution in [0.1, 0.15) is 23.6 Å². The van der Waals surface area contributed by atoms with Crippen molar-refractivity contribution in [2.75, 3.05) is 5.33 Å². The molecular weight excluding hydrogens is 224 g/mol. The first-order valence-electron chi connectivity index (χ1n) is 4.44. The van der Waals surface area contributed by atoms with Gasteiger partial charge in [-0.15, -0.1) is 0 Å². The number of allylic oxidation sites excluding steroid dienone is 1. The number of benzene rings is 1. The van der Waals surface area contributed by atoms with Gasteiger partial charge in [-0.3, -0.25) is 0 Å². The van der Waals surface area contributed by atoms with Crippen molar-refractivity contribution in [3.8, 4) is 0 Å². The molecule has 0 aliphatic carbocycles. The Bertz CT molecular complexity index is 324. The molecule has 0 unspecified atom stereocenters. The van der Waals surface area contributed by atoms with Crippen LogP contribution in [0.2, 0.25) is 0 Å². The lowest BCUT2D eigenvalue weighted by Crippen LogP contribution is -1.84. The van der Waals surface area contributed by atoms with E-state index in [9.17, 15) is 0 Å². The summed E-state index contributed by atoms with van der Waals surface area (Å²) >= 11 is 3.45. The zero-order valence-electron chi connectivity index (χ0n) is 8.39. The zero-order valence-corrected chi connectivity index (χ0v) is 9.98. The Morgan fingerprint density at radius 3 is 2.69 bits per heavy atom. The van der Waals surface area contributed by atoms with Crippen LogP contribution >= 0.6 is 15.9 Å². The fraction of sp³-hybridized carbons (Fsp3) is 0.333. The minimum atomic E-state index is 0.945. The van der Waals surface area contributed by atoms with E-state index in [1.54, 1.807) is 0 Å². The first-order valence-corrected chi connectivity index (χ1v) is 5.56. The van der Waals surface area contributed by atoms with Gasteiger partial charge in [0.2, 0.25) is 0 Å². The second-order valence-corrected chi connectivity index (χ2v) is 4.05. The van der Waals surface area contributed by atoms with Crippen molar-refractivity contribution in [1.29, 1.82) is 0 Å². The van der Waals surface area contributed by atoms with Gasteiger partial charge in [-0.1, -0.05) is 51.3 Å². The van der Waals surface area contributed by atoms with E-state index in [1.807, 2.05) is 0 Å². The highest BCUT2D eigenvalue weighted by Gasteiger charge is 1.95. The van der Waals surface area contributed by atoms with Gasteiger partial charge in [0.1, 0.15) is 0 Å². The van der Waals surface area contributed by atoms with Crippen LogP contribution in [0.4, 0.5) is 0 Å². The summed E-state index contributed by atoms with van der Waals surface area (Å²) in [5.74, 6) is 0. The average molecular weight is 239 g/mol. The third kappa shape index (κ3) is 3.00. The molecule has 13 heavy (non-hydrogen) atoms. The molecule has 0 saturated carbocycles. The number of hydrogen-bond acceptors (Lipinski definition) is 0. The van der Waals surface area contributed by atoms with E-state index in [2.05, 4.69) is 61.0 Å². The van der Waals surface area contributed by atoms with Crippen molar-refractivity contribution in [3.63, 3.8) is 0 Å². The molecule has 0 radical (unpaired) electrons. The minimum absolute atomic E-state index is 0.945. The summed E-state index contributed by atoms with van der Waals surface area (Å²) in [6, 6.07) is 6.54. The van der Waals surface area contributed by atoms with Gasteiger partial charge in [0.15, 0.2) is 0 Å². The third-order valence-corrected chi connectivity index (χ3v) is 2.93. The molecule has 0 fully saturated rings. The number of aryl methyl sites for hydroxylation is 2. The maximum Gasteiger partial charge on any atom is 0.0242 e. The first kappa shape index (κ1) is 10.5. The smallest absolute Gasteiger partial charge is 0.0242 e. The minimum Gasteiger partial charge on any atom is -0.0880 e. The van der Waals surface area contributed by atoms with E-state index in [0.29, 0.717) is 0 Å². The fourth-order valence-electron chi connectivity index (χ4n) is 1.22. The normalized spacial score (nSPS) is 11.8. The maximum absolute atomic E-state index is 3.45. The number of alkyl halides is 1. The van der Waals surface area contributed by atoms with Crippen molar-refractivity contribution in [1.82, 2.24) is 0 Å². The van der Waals surface area contributed by atoms with E-state index in [-0.39, 0.29) is 0 Å². The summed E-state index contributed by atoms with van der Waals surface area (Å²) < 4.78 is 0. The lowest BCUT2D eigenvalue weighted by atomic mass is 10.0. The highest BCUT2D eigenvalue weighted by Crippen LogP contribution is 2.15. The molecule has 1 rings (SSSR count). The van der Waals surface area contributed by atoms with Crippen LogP contribution < -0.4 is 0 Å². The van der Waals surface area contributed by atoms with Crippen molar-refractivity contribution in [2.24, 2.45) is 0 Å². The van der Waals surface area contributed by atoms with Gasteiger partial charge in [0, 0.05) is 5.33 Å². The largest absolute Gasteiger partial charge is 0.0880 e. The van der Waals surface area contributed by atoms with Crippen LogP contribution in [0.15, 0.2) is 23.8 Å². The fourth-order valence-corrected chi connectivity index (χ4v) is 1.38. The molecule has 0 aliphatic heterocycles. The topological polar surface area (TPSA) is 0 Å². The molecule has 0 atom stereocenters. The Morgan fingerprint density at radius 2 is 2.08 bits per heavy atom. The predicted molar refractivity (Wildman–Crippen MR) is 63.4 cm³/mol. The molecule has 0 aromatic heterocycles. The Kier molecular flexibility index (Phi) is 3.73. The SMILES string of the molecule is CC(=Cc1cc(C)ccc1C)CBr. The molecule has 0 bridgehead atoms. The van der Waals surface area contributed by atoms with Crippen molar-refractivity contribution < 1.29 is 0 Å². The van der Waals surface area contributed by atoms with Gasteiger partial charge in [-0.25, -0.2) is 0 Å². The van der Waals surface area contributed by atoms with Crippen LogP contribution in [0.3, 0.4) is 0 Å². The van der Waals surface area contributed by atoms with E-state index >= 15 is 0 Å². The van der Waals surface area contributed by atoms with Crippen LogP contribution in [0.5, 0.6) is 0 Å². The third-order valence-electron chi connectivity index (χ3n) is 2.05. The van der Waals surface area contributed by atoms with Crippen LogP contribution in [-0.2, 0) is 0 Å². The van der Waals surface area contributed by atoms with E-state index in [1.165, 1.54) is 22.3 Å². The zero-order chi connectivity index (χ0) is 9.84. The lowest BCUT2D eigenvalue weighted by molar-refractivity contribution is 1.36. The summed E-state index contributed by atoms with van der Waals surface area (Å²) in [6.07, 6.45) is 2.23. The summed E-state index contributed by atoms with van der Waals surface area (Å²) in [6.45, 7) is 6.41. The number of hydrogen-bond donors (Lipinski definition) is 0. The average Bonchev–Trinajstić information content (AvgIpc) is 2.11. The standard InChI is InChI=1S/C12H15Br/c1-9-4-5-11(3)12(6-9)7-10(2)8-13/h4-7H,8H2,1-3H3. The van der Waals surface area contributed by atoms with E-state index < -0.39 is 0 Å². The molecule has 0 nitrogen and oxygen atoms in total. The Hall–Kier alpha value is -0.560. The molecule has 0 heterocycles. The molecule has 0 amide bonds. The van der Waals surface area contributed by atoms with Crippen molar-refractivity contribution in [2.45, 2.75) is 20.8 Å². The summed E-state index contributed by atoms with van der Waals surface area (Å²) in [5.41, 5.74) is 5.34. The first-order chi connectivity index (χ1) is 6.13. The summed E-state index contributed by atoms with van der Waals surface area (Å²) in [7, 11) is 0. The Morgan fingerprint density at radius 1 is 1.38 bits per heavy atom. The Balaban J connectivity index is 3.07. The van der Waals surface area contributed by atoms with Crippen LogP contribution in [0, 0.1) is 13.8 Å². The molecular formula is C12H15Br. The van der Waals surface area contributed by atoms with Gasteiger partial charge in [0.25, 0.3) is 0 Å². The molecule has 0 aliphatic rings. The molecule has 0 N–H and O–H groups in total. The van der Waals surface area contributed by atoms with E-state index in [0.717, 1.165) is 5.33 Å². The van der Waals surface area contributed by atoms with Gasteiger partial charge < -0.3 is 0 Å². The predicted octanol–water partition coefficient (Wildman–Crippen LogP) is 4.10. The van der Waals surface area contributed by atoms with Crippen molar-refractivity contribution in [3.05, 3.63) is 40.5 Å². The van der Waals surface area contributed by atoms with Crippen LogP contribution in [0.25, 0.3) is 6.08 Å². The second kappa shape index (κ2) is 4.61.